The molecule has 1 fully saturated rings. The van der Waals surface area contributed by atoms with Crippen molar-refractivity contribution >= 4 is 28.9 Å². The van der Waals surface area contributed by atoms with Gasteiger partial charge in [0.15, 0.2) is 5.17 Å². The molecular weight excluding hydrogens is 404 g/mol. The van der Waals surface area contributed by atoms with Gasteiger partial charge < -0.3 is 4.74 Å². The zero-order chi connectivity index (χ0) is 22.1. The van der Waals surface area contributed by atoms with Crippen LogP contribution in [0.3, 0.4) is 0 Å². The lowest BCUT2D eigenvalue weighted by molar-refractivity contribution is -0.122. The highest BCUT2D eigenvalue weighted by atomic mass is 32.2. The van der Waals surface area contributed by atoms with Gasteiger partial charge in [0.2, 0.25) is 0 Å². The Balaban J connectivity index is 1.72. The van der Waals surface area contributed by atoms with E-state index in [0.29, 0.717) is 6.61 Å². The fraction of sp³-hybridized carbons (Fsp3) is 0.385. The molecule has 0 aliphatic carbocycles. The molecule has 2 aromatic carbocycles. The lowest BCUT2D eigenvalue weighted by Gasteiger charge is -2.14. The molecule has 0 unspecified atom stereocenters. The fourth-order valence-corrected chi connectivity index (χ4v) is 4.20. The summed E-state index contributed by atoms with van der Waals surface area (Å²) in [4.78, 5) is 20.3. The van der Waals surface area contributed by atoms with Crippen molar-refractivity contribution < 1.29 is 9.53 Å². The van der Waals surface area contributed by atoms with Gasteiger partial charge in [-0.3, -0.25) is 14.7 Å². The van der Waals surface area contributed by atoms with Gasteiger partial charge in [-0.15, -0.1) is 0 Å². The largest absolute Gasteiger partial charge is 0.489 e. The summed E-state index contributed by atoms with van der Waals surface area (Å²) < 4.78 is 5.97. The van der Waals surface area contributed by atoms with E-state index in [9.17, 15) is 4.79 Å². The summed E-state index contributed by atoms with van der Waals surface area (Å²) in [6, 6.07) is 16.2. The van der Waals surface area contributed by atoms with Crippen LogP contribution in [0.5, 0.6) is 5.75 Å². The Morgan fingerprint density at radius 1 is 1.06 bits per heavy atom. The molecule has 1 aliphatic rings. The lowest BCUT2D eigenvalue weighted by atomic mass is 10.1. The number of carbonyl (C=O) groups is 1. The van der Waals surface area contributed by atoms with Gasteiger partial charge in [0.1, 0.15) is 12.4 Å². The normalized spacial score (nSPS) is 16.5. The van der Waals surface area contributed by atoms with Crippen LogP contribution in [0, 0.1) is 6.92 Å². The van der Waals surface area contributed by atoms with Crippen molar-refractivity contribution in [3.05, 3.63) is 70.1 Å². The van der Waals surface area contributed by atoms with Crippen LogP contribution in [0.15, 0.2) is 58.4 Å². The SMILES string of the molecule is CCCCN=C1SC(=Cc2cccc(OCc3ccc(C)cc3)c2)C(=O)N1CCCC. The number of thioether (sulfide) groups is 1. The zero-order valence-electron chi connectivity index (χ0n) is 18.8. The number of nitrogens with zero attached hydrogens (tertiary/aromatic N) is 2. The van der Waals surface area contributed by atoms with Gasteiger partial charge in [0.25, 0.3) is 5.91 Å². The van der Waals surface area contributed by atoms with Crippen LogP contribution in [0.4, 0.5) is 0 Å². The number of ether oxygens (including phenoxy) is 1. The van der Waals surface area contributed by atoms with Crippen LogP contribution < -0.4 is 4.74 Å². The van der Waals surface area contributed by atoms with E-state index in [1.54, 1.807) is 0 Å². The summed E-state index contributed by atoms with van der Waals surface area (Å²) >= 11 is 1.49. The number of benzene rings is 2. The predicted molar refractivity (Wildman–Crippen MR) is 131 cm³/mol. The standard InChI is InChI=1S/C26H32N2O2S/c1-4-6-15-27-26-28(16-7-5-2)25(29)24(31-26)18-22-9-8-10-23(17-22)30-19-21-13-11-20(3)12-14-21/h8-14,17-18H,4-7,15-16,19H2,1-3H3. The van der Waals surface area contributed by atoms with Crippen molar-refractivity contribution in [2.45, 2.75) is 53.1 Å². The van der Waals surface area contributed by atoms with Gasteiger partial charge in [-0.25, -0.2) is 0 Å². The minimum atomic E-state index is 0.0553. The monoisotopic (exact) mass is 436 g/mol. The molecule has 1 saturated heterocycles. The Morgan fingerprint density at radius 2 is 1.84 bits per heavy atom. The first kappa shape index (κ1) is 23.1. The molecule has 4 nitrogen and oxygen atoms in total. The third-order valence-electron chi connectivity index (χ3n) is 5.06. The smallest absolute Gasteiger partial charge is 0.266 e. The van der Waals surface area contributed by atoms with Crippen LogP contribution in [-0.4, -0.2) is 29.1 Å². The third kappa shape index (κ3) is 6.73. The summed E-state index contributed by atoms with van der Waals surface area (Å²) in [6.07, 6.45) is 6.12. The van der Waals surface area contributed by atoms with Gasteiger partial charge in [0, 0.05) is 13.1 Å². The maximum absolute atomic E-state index is 13.0. The van der Waals surface area contributed by atoms with Crippen molar-refractivity contribution in [2.24, 2.45) is 4.99 Å². The van der Waals surface area contributed by atoms with Crippen molar-refractivity contribution in [1.82, 2.24) is 4.90 Å². The Kier molecular flexibility index (Phi) is 8.77. The van der Waals surface area contributed by atoms with E-state index in [-0.39, 0.29) is 5.91 Å². The van der Waals surface area contributed by atoms with E-state index in [1.807, 2.05) is 35.2 Å². The summed E-state index contributed by atoms with van der Waals surface area (Å²) in [7, 11) is 0. The molecule has 0 atom stereocenters. The molecule has 0 N–H and O–H groups in total. The Labute approximate surface area is 190 Å². The maximum Gasteiger partial charge on any atom is 0.266 e. The van der Waals surface area contributed by atoms with E-state index in [4.69, 9.17) is 9.73 Å². The first-order valence-corrected chi connectivity index (χ1v) is 12.0. The molecule has 5 heteroatoms. The van der Waals surface area contributed by atoms with Crippen molar-refractivity contribution in [2.75, 3.05) is 13.1 Å². The fourth-order valence-electron chi connectivity index (χ4n) is 3.17. The second-order valence-electron chi connectivity index (χ2n) is 7.79. The highest BCUT2D eigenvalue weighted by Crippen LogP contribution is 2.33. The maximum atomic E-state index is 13.0. The third-order valence-corrected chi connectivity index (χ3v) is 6.11. The van der Waals surface area contributed by atoms with E-state index in [2.05, 4.69) is 45.0 Å². The molecule has 31 heavy (non-hydrogen) atoms. The molecule has 0 bridgehead atoms. The van der Waals surface area contributed by atoms with E-state index in [1.165, 1.54) is 17.3 Å². The molecule has 0 radical (unpaired) electrons. The molecule has 3 rings (SSSR count). The molecule has 2 aromatic rings. The van der Waals surface area contributed by atoms with Crippen molar-refractivity contribution in [3.8, 4) is 5.75 Å². The summed E-state index contributed by atoms with van der Waals surface area (Å²) in [5.41, 5.74) is 3.33. The molecule has 1 heterocycles. The van der Waals surface area contributed by atoms with E-state index >= 15 is 0 Å². The molecule has 0 spiro atoms. The summed E-state index contributed by atoms with van der Waals surface area (Å²) in [5, 5.41) is 0.838. The van der Waals surface area contributed by atoms with Crippen LogP contribution in [0.2, 0.25) is 0 Å². The number of rotatable bonds is 10. The number of carbonyl (C=O) groups excluding carboxylic acids is 1. The minimum absolute atomic E-state index is 0.0553. The average molecular weight is 437 g/mol. The topological polar surface area (TPSA) is 41.9 Å². The Morgan fingerprint density at radius 3 is 2.58 bits per heavy atom. The number of hydrogen-bond acceptors (Lipinski definition) is 4. The summed E-state index contributed by atoms with van der Waals surface area (Å²) in [5.74, 6) is 0.852. The van der Waals surface area contributed by atoms with E-state index < -0.39 is 0 Å². The van der Waals surface area contributed by atoms with Crippen LogP contribution in [0.25, 0.3) is 6.08 Å². The second-order valence-corrected chi connectivity index (χ2v) is 8.79. The minimum Gasteiger partial charge on any atom is -0.489 e. The average Bonchev–Trinajstić information content (AvgIpc) is 3.06. The highest BCUT2D eigenvalue weighted by Gasteiger charge is 2.32. The lowest BCUT2D eigenvalue weighted by Crippen LogP contribution is -2.30. The molecule has 164 valence electrons. The Bertz CT molecular complexity index is 935. The van der Waals surface area contributed by atoms with Gasteiger partial charge >= 0.3 is 0 Å². The molecule has 0 saturated carbocycles. The molecule has 1 aliphatic heterocycles. The predicted octanol–water partition coefficient (Wildman–Crippen LogP) is 6.45. The zero-order valence-corrected chi connectivity index (χ0v) is 19.6. The number of amides is 1. The van der Waals surface area contributed by atoms with Crippen LogP contribution in [0.1, 0.15) is 56.2 Å². The summed E-state index contributed by atoms with van der Waals surface area (Å²) in [6.45, 7) is 8.39. The van der Waals surface area contributed by atoms with Crippen molar-refractivity contribution in [3.63, 3.8) is 0 Å². The number of aliphatic imine (C=N–C) groups is 1. The van der Waals surface area contributed by atoms with E-state index in [0.717, 1.165) is 65.7 Å². The first-order valence-electron chi connectivity index (χ1n) is 11.1. The molecular formula is C26H32N2O2S. The first-order chi connectivity index (χ1) is 15.1. The van der Waals surface area contributed by atoms with Crippen molar-refractivity contribution in [1.29, 1.82) is 0 Å². The van der Waals surface area contributed by atoms with Gasteiger partial charge in [-0.2, -0.15) is 0 Å². The van der Waals surface area contributed by atoms with Gasteiger partial charge in [-0.1, -0.05) is 68.7 Å². The van der Waals surface area contributed by atoms with Gasteiger partial charge in [-0.05, 0) is 60.9 Å². The Hall–Kier alpha value is -2.53. The number of unbranched alkanes of at least 4 members (excludes halogenated alkanes) is 2. The quantitative estimate of drug-likeness (QED) is 0.318. The number of hydrogen-bond donors (Lipinski definition) is 0. The number of aryl methyl sites for hydroxylation is 1. The van der Waals surface area contributed by atoms with Crippen LogP contribution >= 0.6 is 11.8 Å². The second kappa shape index (κ2) is 11.8. The molecule has 0 aromatic heterocycles. The number of amidine groups is 1. The highest BCUT2D eigenvalue weighted by molar-refractivity contribution is 8.18. The van der Waals surface area contributed by atoms with Crippen LogP contribution in [-0.2, 0) is 11.4 Å². The molecule has 1 amide bonds. The van der Waals surface area contributed by atoms with Gasteiger partial charge in [0.05, 0.1) is 4.91 Å².